The molecule has 1 aromatic rings. The van der Waals surface area contributed by atoms with E-state index in [1.54, 1.807) is 0 Å². The molecule has 0 amide bonds. The van der Waals surface area contributed by atoms with Gasteiger partial charge in [0.15, 0.2) is 0 Å². The molecule has 0 bridgehead atoms. The lowest BCUT2D eigenvalue weighted by Crippen LogP contribution is -2.16. The molecular weight excluding hydrogens is 182 g/mol. The van der Waals surface area contributed by atoms with Crippen molar-refractivity contribution in [2.75, 3.05) is 6.54 Å². The number of rotatable bonds is 1. The van der Waals surface area contributed by atoms with Crippen LogP contribution < -0.4 is 5.32 Å². The summed E-state index contributed by atoms with van der Waals surface area (Å²) in [5.74, 6) is 0.694. The summed E-state index contributed by atoms with van der Waals surface area (Å²) in [6, 6.07) is 8.55. The van der Waals surface area contributed by atoms with Crippen molar-refractivity contribution in [3.8, 4) is 0 Å². The molecule has 1 fully saturated rings. The van der Waals surface area contributed by atoms with Crippen molar-refractivity contribution in [1.82, 2.24) is 5.32 Å². The van der Waals surface area contributed by atoms with Gasteiger partial charge in [-0.05, 0) is 30.5 Å². The second-order valence-electron chi connectivity index (χ2n) is 3.72. The minimum absolute atomic E-state index is 0.452. The average molecular weight is 196 g/mol. The minimum atomic E-state index is 0.452. The molecule has 0 radical (unpaired) electrons. The molecule has 0 unspecified atom stereocenters. The third kappa shape index (κ3) is 1.72. The number of nitrogens with one attached hydrogen (secondary N) is 1. The Hall–Kier alpha value is -0.530. The molecule has 2 heteroatoms. The largest absolute Gasteiger partial charge is 0.310 e. The molecule has 2 atom stereocenters. The summed E-state index contributed by atoms with van der Waals surface area (Å²) in [5, 5.41) is 4.36. The van der Waals surface area contributed by atoms with Crippen molar-refractivity contribution in [3.63, 3.8) is 0 Å². The Balaban J connectivity index is 2.29. The van der Waals surface area contributed by atoms with E-state index in [0.29, 0.717) is 12.0 Å². The Bertz CT molecular complexity index is 298. The van der Waals surface area contributed by atoms with E-state index in [0.717, 1.165) is 11.6 Å². The van der Waals surface area contributed by atoms with Gasteiger partial charge in [0.1, 0.15) is 0 Å². The van der Waals surface area contributed by atoms with E-state index < -0.39 is 0 Å². The van der Waals surface area contributed by atoms with Crippen LogP contribution in [0.2, 0.25) is 5.02 Å². The predicted molar refractivity (Wildman–Crippen MR) is 56.0 cm³/mol. The van der Waals surface area contributed by atoms with Gasteiger partial charge in [-0.15, -0.1) is 0 Å². The molecule has 0 spiro atoms. The van der Waals surface area contributed by atoms with Gasteiger partial charge < -0.3 is 5.32 Å². The molecule has 0 saturated carbocycles. The van der Waals surface area contributed by atoms with E-state index in [2.05, 4.69) is 18.3 Å². The number of hydrogen-bond donors (Lipinski definition) is 1. The molecule has 2 rings (SSSR count). The lowest BCUT2D eigenvalue weighted by atomic mass is 9.96. The van der Waals surface area contributed by atoms with E-state index in [4.69, 9.17) is 11.6 Å². The minimum Gasteiger partial charge on any atom is -0.310 e. The van der Waals surface area contributed by atoms with Gasteiger partial charge in [0.25, 0.3) is 0 Å². The van der Waals surface area contributed by atoms with Crippen LogP contribution in [0.15, 0.2) is 24.3 Å². The molecule has 1 aromatic carbocycles. The molecule has 1 nitrogen and oxygen atoms in total. The lowest BCUT2D eigenvalue weighted by Gasteiger charge is -2.17. The van der Waals surface area contributed by atoms with Gasteiger partial charge in [-0.2, -0.15) is 0 Å². The van der Waals surface area contributed by atoms with Crippen molar-refractivity contribution in [2.45, 2.75) is 19.4 Å². The van der Waals surface area contributed by atoms with Gasteiger partial charge in [-0.25, -0.2) is 0 Å². The van der Waals surface area contributed by atoms with Crippen LogP contribution in [-0.2, 0) is 0 Å². The predicted octanol–water partition coefficient (Wildman–Crippen LogP) is 3.01. The van der Waals surface area contributed by atoms with E-state index >= 15 is 0 Å². The molecule has 13 heavy (non-hydrogen) atoms. The van der Waals surface area contributed by atoms with E-state index in [1.165, 1.54) is 12.0 Å². The van der Waals surface area contributed by atoms with Crippen LogP contribution in [0.5, 0.6) is 0 Å². The maximum atomic E-state index is 6.13. The summed E-state index contributed by atoms with van der Waals surface area (Å²) in [7, 11) is 0. The molecule has 1 saturated heterocycles. The monoisotopic (exact) mass is 195 g/mol. The summed E-state index contributed by atoms with van der Waals surface area (Å²) in [6.07, 6.45) is 1.25. The number of benzene rings is 1. The van der Waals surface area contributed by atoms with Crippen molar-refractivity contribution in [2.24, 2.45) is 5.92 Å². The Kier molecular flexibility index (Phi) is 2.56. The first-order chi connectivity index (χ1) is 6.29. The van der Waals surface area contributed by atoms with E-state index in [-0.39, 0.29) is 0 Å². The summed E-state index contributed by atoms with van der Waals surface area (Å²) < 4.78 is 0. The maximum Gasteiger partial charge on any atom is 0.0453 e. The Morgan fingerprint density at radius 2 is 2.15 bits per heavy atom. The van der Waals surface area contributed by atoms with Crippen LogP contribution in [0.1, 0.15) is 24.9 Å². The SMILES string of the molecule is C[C@@H]1CCN[C@H]1c1ccccc1Cl. The van der Waals surface area contributed by atoms with Crippen molar-refractivity contribution < 1.29 is 0 Å². The molecule has 1 N–H and O–H groups in total. The van der Waals surface area contributed by atoms with Crippen LogP contribution in [0, 0.1) is 5.92 Å². The van der Waals surface area contributed by atoms with Crippen LogP contribution >= 0.6 is 11.6 Å². The van der Waals surface area contributed by atoms with Crippen LogP contribution in [-0.4, -0.2) is 6.54 Å². The second-order valence-corrected chi connectivity index (χ2v) is 4.13. The van der Waals surface area contributed by atoms with Crippen LogP contribution in [0.25, 0.3) is 0 Å². The van der Waals surface area contributed by atoms with Gasteiger partial charge in [0, 0.05) is 11.1 Å². The van der Waals surface area contributed by atoms with Crippen molar-refractivity contribution >= 4 is 11.6 Å². The zero-order valence-electron chi connectivity index (χ0n) is 7.76. The summed E-state index contributed by atoms with van der Waals surface area (Å²) in [6.45, 7) is 3.38. The summed E-state index contributed by atoms with van der Waals surface area (Å²) >= 11 is 6.13. The molecular formula is C11H14ClN. The second kappa shape index (κ2) is 3.69. The van der Waals surface area contributed by atoms with Crippen molar-refractivity contribution in [1.29, 1.82) is 0 Å². The van der Waals surface area contributed by atoms with Gasteiger partial charge in [-0.1, -0.05) is 36.7 Å². The van der Waals surface area contributed by atoms with Crippen LogP contribution in [0.3, 0.4) is 0 Å². The van der Waals surface area contributed by atoms with Gasteiger partial charge in [0.05, 0.1) is 0 Å². The zero-order valence-corrected chi connectivity index (χ0v) is 8.51. The Labute approximate surface area is 84.1 Å². The first-order valence-corrected chi connectivity index (χ1v) is 5.14. The molecule has 1 aliphatic heterocycles. The van der Waals surface area contributed by atoms with E-state index in [1.807, 2.05) is 18.2 Å². The molecule has 1 aliphatic rings. The third-order valence-corrected chi connectivity index (χ3v) is 3.12. The Morgan fingerprint density at radius 3 is 2.77 bits per heavy atom. The fraction of sp³-hybridized carbons (Fsp3) is 0.455. The number of halogens is 1. The Morgan fingerprint density at radius 1 is 1.38 bits per heavy atom. The molecule has 0 aliphatic carbocycles. The number of hydrogen-bond acceptors (Lipinski definition) is 1. The first-order valence-electron chi connectivity index (χ1n) is 4.77. The third-order valence-electron chi connectivity index (χ3n) is 2.77. The fourth-order valence-electron chi connectivity index (χ4n) is 1.98. The average Bonchev–Trinajstić information content (AvgIpc) is 2.52. The first kappa shape index (κ1) is 9.04. The quantitative estimate of drug-likeness (QED) is 0.727. The van der Waals surface area contributed by atoms with Crippen LogP contribution in [0.4, 0.5) is 0 Å². The van der Waals surface area contributed by atoms with Gasteiger partial charge in [0.2, 0.25) is 0 Å². The molecule has 70 valence electrons. The summed E-state index contributed by atoms with van der Waals surface area (Å²) in [5.41, 5.74) is 1.24. The maximum absolute atomic E-state index is 6.13. The highest BCUT2D eigenvalue weighted by atomic mass is 35.5. The standard InChI is InChI=1S/C11H14ClN/c1-8-6-7-13-11(8)9-4-2-3-5-10(9)12/h2-5,8,11,13H,6-7H2,1H3/t8-,11-/m1/s1. The van der Waals surface area contributed by atoms with Crippen molar-refractivity contribution in [3.05, 3.63) is 34.9 Å². The zero-order chi connectivity index (χ0) is 9.26. The van der Waals surface area contributed by atoms with E-state index in [9.17, 15) is 0 Å². The highest BCUT2D eigenvalue weighted by molar-refractivity contribution is 6.31. The molecule has 0 aromatic heterocycles. The fourth-order valence-corrected chi connectivity index (χ4v) is 2.23. The molecule has 1 heterocycles. The van der Waals surface area contributed by atoms with Gasteiger partial charge in [-0.3, -0.25) is 0 Å². The lowest BCUT2D eigenvalue weighted by molar-refractivity contribution is 0.504. The highest BCUT2D eigenvalue weighted by Crippen LogP contribution is 2.32. The highest BCUT2D eigenvalue weighted by Gasteiger charge is 2.25. The smallest absolute Gasteiger partial charge is 0.0453 e. The normalized spacial score (nSPS) is 27.8. The summed E-state index contributed by atoms with van der Waals surface area (Å²) in [4.78, 5) is 0. The topological polar surface area (TPSA) is 12.0 Å². The van der Waals surface area contributed by atoms with Gasteiger partial charge >= 0.3 is 0 Å².